The van der Waals surface area contributed by atoms with Crippen LogP contribution in [0.15, 0.2) is 29.5 Å². The van der Waals surface area contributed by atoms with Gasteiger partial charge < -0.3 is 10.0 Å². The number of carboxylic acid groups (broad SMARTS) is 1. The van der Waals surface area contributed by atoms with Crippen LogP contribution in [0.25, 0.3) is 16.2 Å². The summed E-state index contributed by atoms with van der Waals surface area (Å²) in [6.07, 6.45) is 5.17. The molecule has 0 spiro atoms. The predicted octanol–water partition coefficient (Wildman–Crippen LogP) is 2.77. The van der Waals surface area contributed by atoms with Crippen molar-refractivity contribution in [1.82, 2.24) is 18.9 Å². The highest BCUT2D eigenvalue weighted by Gasteiger charge is 2.33. The van der Waals surface area contributed by atoms with E-state index in [2.05, 4.69) is 28.2 Å². The zero-order valence-electron chi connectivity index (χ0n) is 17.3. The van der Waals surface area contributed by atoms with Crippen molar-refractivity contribution in [1.29, 1.82) is 0 Å². The van der Waals surface area contributed by atoms with E-state index in [9.17, 15) is 19.5 Å². The minimum atomic E-state index is -1.31. The highest BCUT2D eigenvalue weighted by molar-refractivity contribution is 7.08. The molecule has 31 heavy (non-hydrogen) atoms. The number of fused-ring (bicyclic) bond motifs is 1. The Morgan fingerprint density at radius 2 is 2.06 bits per heavy atom. The number of hydrogen-bond acceptors (Lipinski definition) is 8. The van der Waals surface area contributed by atoms with Gasteiger partial charge in [-0.15, -0.1) is 0 Å². The molecule has 1 fully saturated rings. The largest absolute Gasteiger partial charge is 0.477 e. The Bertz CT molecular complexity index is 1180. The Balaban J connectivity index is 1.60. The van der Waals surface area contributed by atoms with Crippen LogP contribution < -0.4 is 10.3 Å². The second kappa shape index (κ2) is 8.54. The average molecular weight is 442 g/mol. The van der Waals surface area contributed by atoms with Crippen LogP contribution in [-0.2, 0) is 4.79 Å². The number of carbonyl (C=O) groups excluding carboxylic acids is 1. The Hall–Kier alpha value is -3.14. The van der Waals surface area contributed by atoms with Gasteiger partial charge in [0.15, 0.2) is 5.65 Å². The van der Waals surface area contributed by atoms with Gasteiger partial charge in [0, 0.05) is 37.2 Å². The molecule has 3 aromatic rings. The summed E-state index contributed by atoms with van der Waals surface area (Å²) in [5.41, 5.74) is -0.631. The number of aromatic carboxylic acids is 1. The van der Waals surface area contributed by atoms with E-state index in [-0.39, 0.29) is 22.7 Å². The molecule has 0 amide bonds. The summed E-state index contributed by atoms with van der Waals surface area (Å²) in [4.78, 5) is 47.3. The first kappa shape index (κ1) is 21.1. The Kier molecular flexibility index (Phi) is 5.81. The van der Waals surface area contributed by atoms with E-state index < -0.39 is 11.4 Å². The molecule has 0 saturated carbocycles. The summed E-state index contributed by atoms with van der Waals surface area (Å²) in [5.74, 6) is 0.217. The number of hydrogen-bond donors (Lipinski definition) is 1. The fourth-order valence-electron chi connectivity index (χ4n) is 3.70. The number of aromatic nitrogens is 4. The van der Waals surface area contributed by atoms with Gasteiger partial charge in [0.25, 0.3) is 0 Å². The van der Waals surface area contributed by atoms with Gasteiger partial charge >= 0.3 is 5.97 Å². The van der Waals surface area contributed by atoms with Gasteiger partial charge in [-0.05, 0) is 24.5 Å². The van der Waals surface area contributed by atoms with E-state index in [1.807, 2.05) is 4.90 Å². The molecule has 10 heteroatoms. The van der Waals surface area contributed by atoms with Crippen molar-refractivity contribution in [2.75, 3.05) is 18.0 Å². The van der Waals surface area contributed by atoms with Crippen molar-refractivity contribution in [3.8, 4) is 5.13 Å². The lowest BCUT2D eigenvalue weighted by Crippen LogP contribution is -2.50. The third-order valence-electron chi connectivity index (χ3n) is 5.49. The normalized spacial score (nSPS) is 14.2. The first-order valence-electron chi connectivity index (χ1n) is 10.2. The van der Waals surface area contributed by atoms with Crippen LogP contribution in [0.2, 0.25) is 0 Å². The van der Waals surface area contributed by atoms with Crippen molar-refractivity contribution in [2.24, 2.45) is 11.8 Å². The Morgan fingerprint density at radius 1 is 1.29 bits per heavy atom. The third-order valence-corrected chi connectivity index (χ3v) is 6.15. The van der Waals surface area contributed by atoms with E-state index in [0.29, 0.717) is 42.0 Å². The number of anilines is 1. The molecule has 0 radical (unpaired) electrons. The minimum Gasteiger partial charge on any atom is -0.477 e. The minimum absolute atomic E-state index is 0.00408. The van der Waals surface area contributed by atoms with Gasteiger partial charge in [0.05, 0.1) is 11.3 Å². The number of pyridine rings is 2. The molecule has 0 aliphatic carbocycles. The zero-order chi connectivity index (χ0) is 22.1. The molecule has 4 heterocycles. The van der Waals surface area contributed by atoms with Crippen LogP contribution in [0.3, 0.4) is 0 Å². The topological polar surface area (TPSA) is 118 Å². The van der Waals surface area contributed by atoms with Gasteiger partial charge in [0.1, 0.15) is 23.5 Å². The first-order valence-corrected chi connectivity index (χ1v) is 11.0. The molecule has 0 bridgehead atoms. The van der Waals surface area contributed by atoms with E-state index in [4.69, 9.17) is 0 Å². The quantitative estimate of drug-likeness (QED) is 0.567. The molecular formula is C21H23N5O4S. The van der Waals surface area contributed by atoms with Crippen molar-refractivity contribution in [2.45, 2.75) is 33.1 Å². The number of Topliss-reactive ketones (excluding diaryl/α,β-unsaturated/α-hetero) is 1. The van der Waals surface area contributed by atoms with Crippen LogP contribution in [0.4, 0.5) is 5.82 Å². The van der Waals surface area contributed by atoms with Gasteiger partial charge in [-0.3, -0.25) is 14.2 Å². The monoisotopic (exact) mass is 441 g/mol. The van der Waals surface area contributed by atoms with E-state index >= 15 is 0 Å². The van der Waals surface area contributed by atoms with Crippen molar-refractivity contribution >= 4 is 40.1 Å². The molecular weight excluding hydrogens is 418 g/mol. The Morgan fingerprint density at radius 3 is 2.71 bits per heavy atom. The van der Waals surface area contributed by atoms with Gasteiger partial charge in [-0.2, -0.15) is 4.37 Å². The van der Waals surface area contributed by atoms with Crippen LogP contribution in [0, 0.1) is 11.8 Å². The molecule has 0 atom stereocenters. The molecule has 0 aromatic carbocycles. The summed E-state index contributed by atoms with van der Waals surface area (Å²) in [7, 11) is 0. The highest BCUT2D eigenvalue weighted by atomic mass is 32.1. The number of carboxylic acids is 1. The fraction of sp³-hybridized carbons (Fsp3) is 0.429. The van der Waals surface area contributed by atoms with Gasteiger partial charge in [-0.25, -0.2) is 14.8 Å². The van der Waals surface area contributed by atoms with Crippen molar-refractivity contribution < 1.29 is 14.7 Å². The SMILES string of the molecule is CC(C)CCCC(=O)C1CN(c2ccc3c(=O)c(C(=O)O)cn(-c4ncns4)c3n2)C1. The standard InChI is InChI=1S/C21H23N5O4S/c1-12(2)4-3-5-16(27)13-8-25(9-13)17-7-6-14-18(28)15(20(29)30)10-26(19(14)24-17)21-22-11-23-31-21/h6-7,10-13H,3-5,8-9H2,1-2H3,(H,29,30). The van der Waals surface area contributed by atoms with E-state index in [1.54, 1.807) is 12.1 Å². The molecule has 1 aliphatic rings. The first-order chi connectivity index (χ1) is 14.8. The van der Waals surface area contributed by atoms with E-state index in [1.165, 1.54) is 17.1 Å². The second-order valence-corrected chi connectivity index (χ2v) is 8.92. The van der Waals surface area contributed by atoms with Gasteiger partial charge in [0.2, 0.25) is 10.6 Å². The summed E-state index contributed by atoms with van der Waals surface area (Å²) in [6, 6.07) is 3.28. The molecule has 9 nitrogen and oxygen atoms in total. The smallest absolute Gasteiger partial charge is 0.341 e. The second-order valence-electron chi connectivity index (χ2n) is 8.17. The van der Waals surface area contributed by atoms with Crippen molar-refractivity contribution in [3.05, 3.63) is 40.4 Å². The van der Waals surface area contributed by atoms with E-state index in [0.717, 1.165) is 24.4 Å². The molecule has 1 N–H and O–H groups in total. The average Bonchev–Trinajstić information content (AvgIpc) is 3.21. The number of rotatable bonds is 8. The lowest BCUT2D eigenvalue weighted by Gasteiger charge is -2.39. The maximum atomic E-state index is 12.6. The summed E-state index contributed by atoms with van der Waals surface area (Å²) < 4.78 is 5.44. The maximum absolute atomic E-state index is 12.6. The molecule has 0 unspecified atom stereocenters. The van der Waals surface area contributed by atoms with Crippen LogP contribution in [0.5, 0.6) is 0 Å². The lowest BCUT2D eigenvalue weighted by molar-refractivity contribution is -0.123. The number of ketones is 1. The van der Waals surface area contributed by atoms with Gasteiger partial charge in [-0.1, -0.05) is 20.3 Å². The van der Waals surface area contributed by atoms with Crippen LogP contribution >= 0.6 is 11.5 Å². The summed E-state index contributed by atoms with van der Waals surface area (Å²) >= 11 is 1.07. The van der Waals surface area contributed by atoms with Crippen molar-refractivity contribution in [3.63, 3.8) is 0 Å². The summed E-state index contributed by atoms with van der Waals surface area (Å²) in [5, 5.41) is 10.0. The molecule has 3 aromatic heterocycles. The van der Waals surface area contributed by atoms with Crippen LogP contribution in [-0.4, -0.2) is 48.9 Å². The molecule has 1 aliphatic heterocycles. The Labute approximate surface area is 182 Å². The highest BCUT2D eigenvalue weighted by Crippen LogP contribution is 2.27. The third kappa shape index (κ3) is 4.20. The summed E-state index contributed by atoms with van der Waals surface area (Å²) in [6.45, 7) is 5.49. The predicted molar refractivity (Wildman–Crippen MR) is 117 cm³/mol. The zero-order valence-corrected chi connectivity index (χ0v) is 18.1. The fourth-order valence-corrected chi connectivity index (χ4v) is 4.21. The maximum Gasteiger partial charge on any atom is 0.341 e. The molecule has 4 rings (SSSR count). The van der Waals surface area contributed by atoms with Crippen LogP contribution in [0.1, 0.15) is 43.5 Å². The molecule has 162 valence electrons. The number of carbonyl (C=O) groups is 2. The number of nitrogens with zero attached hydrogens (tertiary/aromatic N) is 5. The molecule has 1 saturated heterocycles. The lowest BCUT2D eigenvalue weighted by atomic mass is 9.91.